The van der Waals surface area contributed by atoms with Gasteiger partial charge in [0.05, 0.1) is 6.61 Å². The molecular weight excluding hydrogens is 142 g/mol. The van der Waals surface area contributed by atoms with Gasteiger partial charge in [0.15, 0.2) is 0 Å². The summed E-state index contributed by atoms with van der Waals surface area (Å²) >= 11 is 0. The van der Waals surface area contributed by atoms with Gasteiger partial charge < -0.3 is 10.5 Å². The lowest BCUT2D eigenvalue weighted by molar-refractivity contribution is -0.144. The zero-order chi connectivity index (χ0) is 8.69. The Morgan fingerprint density at radius 3 is 3.00 bits per heavy atom. The molecule has 1 atom stereocenters. The van der Waals surface area contributed by atoms with E-state index in [1.54, 1.807) is 13.0 Å². The van der Waals surface area contributed by atoms with Gasteiger partial charge in [0.1, 0.15) is 6.04 Å². The Labute approximate surface area is 66.5 Å². The lowest BCUT2D eigenvalue weighted by atomic mass is 10.2. The second kappa shape index (κ2) is 5.71. The first-order valence-electron chi connectivity index (χ1n) is 3.48. The molecule has 0 aromatic carbocycles. The van der Waals surface area contributed by atoms with E-state index < -0.39 is 6.04 Å². The van der Waals surface area contributed by atoms with Crippen LogP contribution in [0.2, 0.25) is 0 Å². The van der Waals surface area contributed by atoms with Crippen molar-refractivity contribution < 1.29 is 9.53 Å². The minimum Gasteiger partial charge on any atom is -0.465 e. The summed E-state index contributed by atoms with van der Waals surface area (Å²) in [6, 6.07) is -0.579. The van der Waals surface area contributed by atoms with Gasteiger partial charge in [-0.2, -0.15) is 0 Å². The summed E-state index contributed by atoms with van der Waals surface area (Å²) < 4.78 is 4.67. The topological polar surface area (TPSA) is 52.3 Å². The predicted molar refractivity (Wildman–Crippen MR) is 42.9 cm³/mol. The van der Waals surface area contributed by atoms with Crippen LogP contribution in [-0.4, -0.2) is 18.6 Å². The van der Waals surface area contributed by atoms with Crippen LogP contribution in [0.1, 0.15) is 13.3 Å². The van der Waals surface area contributed by atoms with E-state index in [0.29, 0.717) is 13.0 Å². The van der Waals surface area contributed by atoms with Crippen LogP contribution in [0, 0.1) is 0 Å². The summed E-state index contributed by atoms with van der Waals surface area (Å²) in [5, 5.41) is 0. The van der Waals surface area contributed by atoms with Crippen molar-refractivity contribution in [1.29, 1.82) is 0 Å². The van der Waals surface area contributed by atoms with Gasteiger partial charge >= 0.3 is 5.97 Å². The van der Waals surface area contributed by atoms with E-state index >= 15 is 0 Å². The average Bonchev–Trinajstić information content (AvgIpc) is 2.00. The van der Waals surface area contributed by atoms with Crippen LogP contribution < -0.4 is 5.73 Å². The number of ether oxygens (including phenoxy) is 1. The number of carbonyl (C=O) groups excluding carboxylic acids is 1. The van der Waals surface area contributed by atoms with Crippen molar-refractivity contribution in [3.05, 3.63) is 18.4 Å². The van der Waals surface area contributed by atoms with Gasteiger partial charge in [-0.1, -0.05) is 6.58 Å². The monoisotopic (exact) mass is 155 g/mol. The van der Waals surface area contributed by atoms with E-state index in [-0.39, 0.29) is 5.97 Å². The lowest BCUT2D eigenvalue weighted by Crippen LogP contribution is -2.31. The molecule has 0 spiro atoms. The fourth-order valence-corrected chi connectivity index (χ4v) is 0.556. The number of esters is 1. The summed E-state index contributed by atoms with van der Waals surface area (Å²) in [7, 11) is 0. The highest BCUT2D eigenvalue weighted by molar-refractivity contribution is 5.75. The molecule has 11 heavy (non-hydrogen) atoms. The van der Waals surface area contributed by atoms with E-state index in [4.69, 9.17) is 5.73 Å². The van der Waals surface area contributed by atoms with Crippen molar-refractivity contribution in [1.82, 2.24) is 0 Å². The van der Waals surface area contributed by atoms with Crippen LogP contribution in [0.25, 0.3) is 0 Å². The Morgan fingerprint density at radius 2 is 2.55 bits per heavy atom. The predicted octanol–water partition coefficient (Wildman–Crippen LogP) is 0.608. The third-order valence-electron chi connectivity index (χ3n) is 1.11. The van der Waals surface area contributed by atoms with Gasteiger partial charge in [0.25, 0.3) is 0 Å². The van der Waals surface area contributed by atoms with E-state index in [1.165, 1.54) is 0 Å². The number of hydrogen-bond donors (Lipinski definition) is 1. The Balaban J connectivity index is 3.72. The Bertz CT molecular complexity index is 171. The first kappa shape index (κ1) is 9.95. The van der Waals surface area contributed by atoms with Gasteiger partial charge in [-0.15, -0.1) is 5.73 Å². The maximum absolute atomic E-state index is 10.8. The Kier molecular flexibility index (Phi) is 5.17. The molecule has 3 nitrogen and oxygen atoms in total. The quantitative estimate of drug-likeness (QED) is 0.478. The van der Waals surface area contributed by atoms with Gasteiger partial charge in [-0.05, 0) is 19.4 Å². The molecule has 0 bridgehead atoms. The van der Waals surface area contributed by atoms with Crippen molar-refractivity contribution in [2.45, 2.75) is 19.4 Å². The van der Waals surface area contributed by atoms with Crippen LogP contribution in [0.15, 0.2) is 18.4 Å². The fraction of sp³-hybridized carbons (Fsp3) is 0.500. The molecule has 0 radical (unpaired) electrons. The molecule has 62 valence electrons. The molecule has 0 fully saturated rings. The second-order valence-corrected chi connectivity index (χ2v) is 2.00. The fourth-order valence-electron chi connectivity index (χ4n) is 0.556. The van der Waals surface area contributed by atoms with Crippen LogP contribution in [-0.2, 0) is 9.53 Å². The summed E-state index contributed by atoms with van der Waals surface area (Å²) in [6.07, 6.45) is 2.05. The highest BCUT2D eigenvalue weighted by Gasteiger charge is 2.11. The van der Waals surface area contributed by atoms with Crippen molar-refractivity contribution in [3.63, 3.8) is 0 Å². The molecule has 0 aromatic rings. The van der Waals surface area contributed by atoms with E-state index in [2.05, 4.69) is 17.0 Å². The molecule has 0 heterocycles. The van der Waals surface area contributed by atoms with Crippen molar-refractivity contribution >= 4 is 5.97 Å². The number of nitrogens with two attached hydrogens (primary N) is 1. The summed E-state index contributed by atoms with van der Waals surface area (Å²) in [5.74, 6) is -0.376. The Morgan fingerprint density at radius 1 is 1.91 bits per heavy atom. The highest BCUT2D eigenvalue weighted by atomic mass is 16.5. The second-order valence-electron chi connectivity index (χ2n) is 2.00. The molecule has 0 saturated carbocycles. The van der Waals surface area contributed by atoms with Crippen molar-refractivity contribution in [2.75, 3.05) is 6.61 Å². The molecule has 1 unspecified atom stereocenters. The molecule has 0 aliphatic heterocycles. The first-order chi connectivity index (χ1) is 5.22. The Hall–Kier alpha value is -1.05. The lowest BCUT2D eigenvalue weighted by Gasteiger charge is -2.06. The molecular formula is C8H13NO2. The number of hydrogen-bond acceptors (Lipinski definition) is 3. The summed E-state index contributed by atoms with van der Waals surface area (Å²) in [4.78, 5) is 10.8. The standard InChI is InChI=1S/C8H13NO2/c1-3-5-6-7(9)8(10)11-4-2/h5,7H,1,4,6,9H2,2H3. The molecule has 0 amide bonds. The van der Waals surface area contributed by atoms with Crippen molar-refractivity contribution in [3.8, 4) is 0 Å². The van der Waals surface area contributed by atoms with Gasteiger partial charge in [0, 0.05) is 0 Å². The molecule has 3 heteroatoms. The van der Waals surface area contributed by atoms with Gasteiger partial charge in [-0.3, -0.25) is 4.79 Å². The van der Waals surface area contributed by atoms with Crippen LogP contribution in [0.3, 0.4) is 0 Å². The van der Waals surface area contributed by atoms with Crippen molar-refractivity contribution in [2.24, 2.45) is 5.73 Å². The van der Waals surface area contributed by atoms with Crippen LogP contribution in [0.4, 0.5) is 0 Å². The van der Waals surface area contributed by atoms with E-state index in [9.17, 15) is 4.79 Å². The maximum Gasteiger partial charge on any atom is 0.323 e. The molecule has 0 aromatic heterocycles. The molecule has 0 aliphatic rings. The molecule has 2 N–H and O–H groups in total. The van der Waals surface area contributed by atoms with Gasteiger partial charge in [-0.25, -0.2) is 0 Å². The largest absolute Gasteiger partial charge is 0.465 e. The van der Waals surface area contributed by atoms with E-state index in [0.717, 1.165) is 0 Å². The zero-order valence-corrected chi connectivity index (χ0v) is 6.67. The average molecular weight is 155 g/mol. The zero-order valence-electron chi connectivity index (χ0n) is 6.67. The first-order valence-corrected chi connectivity index (χ1v) is 3.48. The molecule has 0 rings (SSSR count). The summed E-state index contributed by atoms with van der Waals surface area (Å²) in [5.41, 5.74) is 7.95. The van der Waals surface area contributed by atoms with Crippen LogP contribution >= 0.6 is 0 Å². The minimum atomic E-state index is -0.579. The normalized spacial score (nSPS) is 11.5. The van der Waals surface area contributed by atoms with Gasteiger partial charge in [0.2, 0.25) is 0 Å². The highest BCUT2D eigenvalue weighted by Crippen LogP contribution is 1.92. The molecule has 0 aliphatic carbocycles. The smallest absolute Gasteiger partial charge is 0.323 e. The molecule has 0 saturated heterocycles. The maximum atomic E-state index is 10.8. The third-order valence-corrected chi connectivity index (χ3v) is 1.11. The third kappa shape index (κ3) is 4.37. The number of carbonyl (C=O) groups is 1. The SMILES string of the molecule is C=C=CCC(N)C(=O)OCC. The minimum absolute atomic E-state index is 0.365. The van der Waals surface area contributed by atoms with Crippen LogP contribution in [0.5, 0.6) is 0 Å². The summed E-state index contributed by atoms with van der Waals surface area (Å²) in [6.45, 7) is 5.46. The van der Waals surface area contributed by atoms with E-state index in [1.807, 2.05) is 0 Å². The number of rotatable bonds is 4.